The molecule has 2 aromatic rings. The quantitative estimate of drug-likeness (QED) is 0.0717. The van der Waals surface area contributed by atoms with Crippen LogP contribution in [0.25, 0.3) is 5.57 Å². The van der Waals surface area contributed by atoms with E-state index in [1.807, 2.05) is 39.2 Å². The molecule has 7 heteroatoms. The number of nitrogens with one attached hydrogen (secondary N) is 2. The molecule has 244 valence electrons. The van der Waals surface area contributed by atoms with Crippen molar-refractivity contribution >= 4 is 23.7 Å². The highest BCUT2D eigenvalue weighted by Crippen LogP contribution is 2.30. The molecular weight excluding hydrogens is 562 g/mol. The van der Waals surface area contributed by atoms with Gasteiger partial charge in [-0.25, -0.2) is 0 Å². The summed E-state index contributed by atoms with van der Waals surface area (Å²) in [7, 11) is 3.26. The first kappa shape index (κ1) is 37.3. The Kier molecular flexibility index (Phi) is 16.7. The van der Waals surface area contributed by atoms with Gasteiger partial charge in [0.2, 0.25) is 6.41 Å². The minimum Gasteiger partial charge on any atom is -0.490 e. The Balaban J connectivity index is 0.000000399. The van der Waals surface area contributed by atoms with Gasteiger partial charge in [-0.1, -0.05) is 38.0 Å². The van der Waals surface area contributed by atoms with Crippen LogP contribution in [0.15, 0.2) is 47.6 Å². The van der Waals surface area contributed by atoms with Gasteiger partial charge in [-0.05, 0) is 131 Å². The lowest BCUT2D eigenvalue weighted by atomic mass is 9.94. The smallest absolute Gasteiger partial charge is 0.305 e. The van der Waals surface area contributed by atoms with Gasteiger partial charge in [-0.3, -0.25) is 14.6 Å². The molecule has 0 saturated heterocycles. The van der Waals surface area contributed by atoms with Gasteiger partial charge in [-0.15, -0.1) is 6.42 Å². The van der Waals surface area contributed by atoms with Gasteiger partial charge in [0.15, 0.2) is 0 Å². The third kappa shape index (κ3) is 12.2. The van der Waals surface area contributed by atoms with E-state index in [-0.39, 0.29) is 18.0 Å². The van der Waals surface area contributed by atoms with E-state index in [9.17, 15) is 9.59 Å². The van der Waals surface area contributed by atoms with Crippen LogP contribution in [0.2, 0.25) is 0 Å². The second-order valence-corrected chi connectivity index (χ2v) is 11.9. The monoisotopic (exact) mass is 615 g/mol. The van der Waals surface area contributed by atoms with Crippen LogP contribution >= 0.6 is 0 Å². The summed E-state index contributed by atoms with van der Waals surface area (Å²) in [5.74, 6) is 3.93. The second-order valence-electron chi connectivity index (χ2n) is 11.9. The van der Waals surface area contributed by atoms with Crippen molar-refractivity contribution < 1.29 is 19.1 Å². The zero-order valence-electron chi connectivity index (χ0n) is 28.4. The third-order valence-corrected chi connectivity index (χ3v) is 8.11. The number of benzene rings is 2. The van der Waals surface area contributed by atoms with E-state index in [0.29, 0.717) is 25.3 Å². The highest BCUT2D eigenvalue weighted by Gasteiger charge is 2.17. The Hall–Kier alpha value is -3.89. The standard InChI is InChI=1S/C28H33NO.C10H20N2O3/c1-7-20(5)28(24-15-16-27(30-19(3)4)22(8-2)17-24)29-18-21(6)25-13-9-11-23-12-10-14-26(23)25;1-11-5-3-9(4-6-12-8-13)7-10(14)15-2/h2,9,11,13,15-20H,7,10,12,14H2,1,3-6H3;8-9,11H,3-7H2,1-2H3,(H,12,13)/b21-18+,29-28?;. The minimum atomic E-state index is -0.192. The number of rotatable bonds is 16. The van der Waals surface area contributed by atoms with Gasteiger partial charge in [0.25, 0.3) is 0 Å². The minimum absolute atomic E-state index is 0.0869. The van der Waals surface area contributed by atoms with Crippen LogP contribution in [0.4, 0.5) is 0 Å². The number of fused-ring (bicyclic) bond motifs is 1. The lowest BCUT2D eigenvalue weighted by Gasteiger charge is -2.16. The van der Waals surface area contributed by atoms with Crippen LogP contribution in [0.1, 0.15) is 94.5 Å². The van der Waals surface area contributed by atoms with Crippen LogP contribution < -0.4 is 15.4 Å². The first-order valence-electron chi connectivity index (χ1n) is 16.2. The topological polar surface area (TPSA) is 89.0 Å². The number of carbonyl (C=O) groups is 2. The summed E-state index contributed by atoms with van der Waals surface area (Å²) in [6, 6.07) is 12.7. The van der Waals surface area contributed by atoms with E-state index in [2.05, 4.69) is 66.3 Å². The zero-order valence-corrected chi connectivity index (χ0v) is 28.4. The molecule has 0 radical (unpaired) electrons. The number of ether oxygens (including phenoxy) is 2. The number of amides is 1. The molecule has 0 spiro atoms. The number of hydrogen-bond donors (Lipinski definition) is 2. The number of aliphatic imine (C=N–C) groups is 1. The van der Waals surface area contributed by atoms with Gasteiger partial charge < -0.3 is 20.1 Å². The Morgan fingerprint density at radius 2 is 1.89 bits per heavy atom. The molecule has 7 nitrogen and oxygen atoms in total. The lowest BCUT2D eigenvalue weighted by molar-refractivity contribution is -0.141. The van der Waals surface area contributed by atoms with Crippen molar-refractivity contribution in [3.63, 3.8) is 0 Å². The predicted octanol–water partition coefficient (Wildman–Crippen LogP) is 6.75. The largest absolute Gasteiger partial charge is 0.490 e. The molecule has 0 heterocycles. The number of carbonyl (C=O) groups excluding carboxylic acids is 2. The summed E-state index contributed by atoms with van der Waals surface area (Å²) < 4.78 is 10.5. The fourth-order valence-corrected chi connectivity index (χ4v) is 5.43. The highest BCUT2D eigenvalue weighted by molar-refractivity contribution is 6.03. The van der Waals surface area contributed by atoms with Crippen molar-refractivity contribution in [2.24, 2.45) is 16.8 Å². The average Bonchev–Trinajstić information content (AvgIpc) is 3.53. The van der Waals surface area contributed by atoms with Gasteiger partial charge in [0, 0.05) is 19.2 Å². The molecule has 3 rings (SSSR count). The maximum atomic E-state index is 11.1. The molecular formula is C38H53N3O4. The van der Waals surface area contributed by atoms with Crippen LogP contribution in [-0.2, 0) is 27.2 Å². The molecule has 0 bridgehead atoms. The average molecular weight is 616 g/mol. The maximum Gasteiger partial charge on any atom is 0.305 e. The summed E-state index contributed by atoms with van der Waals surface area (Å²) in [5.41, 5.74) is 8.45. The molecule has 1 aliphatic rings. The zero-order chi connectivity index (χ0) is 33.2. The number of allylic oxidation sites excluding steroid dienone is 1. The van der Waals surface area contributed by atoms with E-state index in [0.717, 1.165) is 48.4 Å². The van der Waals surface area contributed by atoms with E-state index < -0.39 is 0 Å². The van der Waals surface area contributed by atoms with Crippen LogP contribution in [-0.4, -0.2) is 51.4 Å². The second kappa shape index (κ2) is 20.2. The number of terminal acetylenes is 1. The first-order chi connectivity index (χ1) is 21.7. The Labute approximate surface area is 271 Å². The lowest BCUT2D eigenvalue weighted by Crippen LogP contribution is -2.21. The molecule has 45 heavy (non-hydrogen) atoms. The van der Waals surface area contributed by atoms with Crippen molar-refractivity contribution in [3.05, 3.63) is 70.4 Å². The number of esters is 1. The summed E-state index contributed by atoms with van der Waals surface area (Å²) >= 11 is 0. The van der Waals surface area contributed by atoms with Gasteiger partial charge >= 0.3 is 5.97 Å². The number of hydrogen-bond acceptors (Lipinski definition) is 6. The maximum absolute atomic E-state index is 11.1. The van der Waals surface area contributed by atoms with E-state index in [1.165, 1.54) is 48.6 Å². The third-order valence-electron chi connectivity index (χ3n) is 8.11. The normalized spacial score (nSPS) is 14.0. The molecule has 2 atom stereocenters. The summed E-state index contributed by atoms with van der Waals surface area (Å²) in [6.07, 6.45) is 15.3. The van der Waals surface area contributed by atoms with Crippen molar-refractivity contribution in [3.8, 4) is 18.1 Å². The molecule has 1 aliphatic carbocycles. The molecule has 0 aromatic heterocycles. The SMILES string of the molecule is C#Cc1cc(C(=N/C=C(\C)c2cccc3c2CCC3)C(C)CC)ccc1OC(C)C.CNCCC(CCNC=O)CC(=O)OC. The van der Waals surface area contributed by atoms with Crippen molar-refractivity contribution in [2.45, 2.75) is 85.7 Å². The number of aryl methyl sites for hydroxylation is 1. The Bertz CT molecular complexity index is 1340. The molecule has 2 N–H and O–H groups in total. The van der Waals surface area contributed by atoms with Gasteiger partial charge in [-0.2, -0.15) is 0 Å². The summed E-state index contributed by atoms with van der Waals surface area (Å²) in [5, 5.41) is 5.63. The van der Waals surface area contributed by atoms with E-state index in [4.69, 9.17) is 16.2 Å². The first-order valence-corrected chi connectivity index (χ1v) is 16.2. The molecule has 2 aromatic carbocycles. The van der Waals surface area contributed by atoms with Gasteiger partial charge in [0.05, 0.1) is 24.5 Å². The van der Waals surface area contributed by atoms with Crippen LogP contribution in [0.5, 0.6) is 5.75 Å². The van der Waals surface area contributed by atoms with Crippen molar-refractivity contribution in [1.82, 2.24) is 10.6 Å². The fourth-order valence-electron chi connectivity index (χ4n) is 5.43. The van der Waals surface area contributed by atoms with E-state index >= 15 is 0 Å². The van der Waals surface area contributed by atoms with Crippen LogP contribution in [0.3, 0.4) is 0 Å². The number of methoxy groups -OCH3 is 1. The summed E-state index contributed by atoms with van der Waals surface area (Å²) in [6.45, 7) is 12.1. The molecule has 0 aliphatic heterocycles. The van der Waals surface area contributed by atoms with Crippen LogP contribution in [0, 0.1) is 24.2 Å². The fraction of sp³-hybridized carbons (Fsp3) is 0.500. The predicted molar refractivity (Wildman–Crippen MR) is 186 cm³/mol. The number of nitrogens with zero attached hydrogens (tertiary/aromatic N) is 1. The van der Waals surface area contributed by atoms with Crippen molar-refractivity contribution in [1.29, 1.82) is 0 Å². The van der Waals surface area contributed by atoms with Crippen molar-refractivity contribution in [2.75, 3.05) is 27.2 Å². The molecule has 2 unspecified atom stereocenters. The van der Waals surface area contributed by atoms with E-state index in [1.54, 1.807) is 0 Å². The molecule has 1 amide bonds. The van der Waals surface area contributed by atoms with Gasteiger partial charge in [0.1, 0.15) is 5.75 Å². The molecule has 0 saturated carbocycles. The highest BCUT2D eigenvalue weighted by atomic mass is 16.5. The summed E-state index contributed by atoms with van der Waals surface area (Å²) in [4.78, 5) is 26.1. The Morgan fingerprint density at radius 1 is 1.13 bits per heavy atom. The Morgan fingerprint density at radius 3 is 2.53 bits per heavy atom. The molecule has 0 fully saturated rings.